The van der Waals surface area contributed by atoms with E-state index in [1.54, 1.807) is 0 Å². The number of benzene rings is 1. The smallest absolute Gasteiger partial charge is 0.241 e. The fourth-order valence-corrected chi connectivity index (χ4v) is 3.10. The van der Waals surface area contributed by atoms with Gasteiger partial charge in [-0.2, -0.15) is 4.98 Å². The Morgan fingerprint density at radius 3 is 2.57 bits per heavy atom. The average Bonchev–Trinajstić information content (AvgIpc) is 3.04. The second kappa shape index (κ2) is 7.59. The molecule has 0 saturated carbocycles. The molecule has 1 fully saturated rings. The monoisotopic (exact) mass is 314 g/mol. The molecule has 5 heteroatoms. The average molecular weight is 314 g/mol. The number of piperidine rings is 1. The number of anilines is 1. The maximum Gasteiger partial charge on any atom is 0.241 e. The zero-order chi connectivity index (χ0) is 16.1. The van der Waals surface area contributed by atoms with Gasteiger partial charge in [0.25, 0.3) is 0 Å². The van der Waals surface area contributed by atoms with E-state index in [9.17, 15) is 0 Å². The lowest BCUT2D eigenvalue weighted by molar-refractivity contribution is 0.267. The molecule has 124 valence electrons. The predicted octanol–water partition coefficient (Wildman–Crippen LogP) is 3.57. The summed E-state index contributed by atoms with van der Waals surface area (Å²) in [5.74, 6) is 1.35. The number of hydrogen-bond donors (Lipinski definition) is 0. The highest BCUT2D eigenvalue weighted by atomic mass is 16.5. The van der Waals surface area contributed by atoms with Gasteiger partial charge in [-0.05, 0) is 63.5 Å². The SMILES string of the molecule is CCCN(C)Cc1nc(-c2ccc(N3CCCCC3)cc2)no1. The minimum atomic E-state index is 0.676. The minimum Gasteiger partial charge on any atom is -0.372 e. The summed E-state index contributed by atoms with van der Waals surface area (Å²) in [6.45, 7) is 6.22. The molecule has 1 aliphatic heterocycles. The highest BCUT2D eigenvalue weighted by Gasteiger charge is 2.13. The van der Waals surface area contributed by atoms with Gasteiger partial charge in [-0.1, -0.05) is 12.1 Å². The fourth-order valence-electron chi connectivity index (χ4n) is 3.10. The predicted molar refractivity (Wildman–Crippen MR) is 92.4 cm³/mol. The highest BCUT2D eigenvalue weighted by molar-refractivity contribution is 5.60. The molecule has 1 saturated heterocycles. The van der Waals surface area contributed by atoms with Crippen molar-refractivity contribution in [1.82, 2.24) is 15.0 Å². The Balaban J connectivity index is 1.66. The third kappa shape index (κ3) is 4.10. The van der Waals surface area contributed by atoms with Crippen molar-refractivity contribution in [3.63, 3.8) is 0 Å². The van der Waals surface area contributed by atoms with E-state index in [2.05, 4.69) is 58.2 Å². The highest BCUT2D eigenvalue weighted by Crippen LogP contribution is 2.23. The second-order valence-corrected chi connectivity index (χ2v) is 6.34. The molecular weight excluding hydrogens is 288 g/mol. The zero-order valence-electron chi connectivity index (χ0n) is 14.2. The first-order valence-electron chi connectivity index (χ1n) is 8.63. The molecule has 23 heavy (non-hydrogen) atoms. The van der Waals surface area contributed by atoms with Crippen LogP contribution in [-0.4, -0.2) is 41.7 Å². The van der Waals surface area contributed by atoms with Crippen molar-refractivity contribution in [1.29, 1.82) is 0 Å². The molecule has 1 aliphatic rings. The largest absolute Gasteiger partial charge is 0.372 e. The van der Waals surface area contributed by atoms with E-state index in [1.165, 1.54) is 24.9 Å². The van der Waals surface area contributed by atoms with Gasteiger partial charge in [0.1, 0.15) is 0 Å². The standard InChI is InChI=1S/C18H26N4O/c1-3-11-21(2)14-17-19-18(20-23-17)15-7-9-16(10-8-15)22-12-5-4-6-13-22/h7-10H,3-6,11-14H2,1-2H3. The Hall–Kier alpha value is -1.88. The van der Waals surface area contributed by atoms with Crippen molar-refractivity contribution >= 4 is 5.69 Å². The first-order valence-corrected chi connectivity index (χ1v) is 8.63. The quantitative estimate of drug-likeness (QED) is 0.815. The van der Waals surface area contributed by atoms with Crippen LogP contribution in [0.4, 0.5) is 5.69 Å². The van der Waals surface area contributed by atoms with E-state index >= 15 is 0 Å². The summed E-state index contributed by atoms with van der Waals surface area (Å²) in [5.41, 5.74) is 2.30. The van der Waals surface area contributed by atoms with Crippen LogP contribution in [0, 0.1) is 0 Å². The number of aromatic nitrogens is 2. The van der Waals surface area contributed by atoms with E-state index in [1.807, 2.05) is 0 Å². The molecule has 2 aromatic rings. The lowest BCUT2D eigenvalue weighted by atomic mass is 10.1. The van der Waals surface area contributed by atoms with Crippen LogP contribution in [-0.2, 0) is 6.54 Å². The Labute approximate surface area is 138 Å². The third-order valence-corrected chi connectivity index (χ3v) is 4.33. The van der Waals surface area contributed by atoms with E-state index in [0.717, 1.165) is 31.6 Å². The zero-order valence-corrected chi connectivity index (χ0v) is 14.2. The van der Waals surface area contributed by atoms with Crippen LogP contribution in [0.3, 0.4) is 0 Å². The lowest BCUT2D eigenvalue weighted by Gasteiger charge is -2.28. The summed E-state index contributed by atoms with van der Waals surface area (Å²) in [5, 5.41) is 4.12. The first-order chi connectivity index (χ1) is 11.3. The van der Waals surface area contributed by atoms with E-state index in [0.29, 0.717) is 18.3 Å². The van der Waals surface area contributed by atoms with Crippen LogP contribution in [0.1, 0.15) is 38.5 Å². The molecule has 0 N–H and O–H groups in total. The van der Waals surface area contributed by atoms with Gasteiger partial charge in [0, 0.05) is 24.3 Å². The second-order valence-electron chi connectivity index (χ2n) is 6.34. The summed E-state index contributed by atoms with van der Waals surface area (Å²) in [6.07, 6.45) is 5.06. The summed E-state index contributed by atoms with van der Waals surface area (Å²) in [7, 11) is 2.07. The molecule has 0 radical (unpaired) electrons. The fraction of sp³-hybridized carbons (Fsp3) is 0.556. The molecule has 0 unspecified atom stereocenters. The van der Waals surface area contributed by atoms with Gasteiger partial charge in [0.05, 0.1) is 6.54 Å². The van der Waals surface area contributed by atoms with E-state index in [4.69, 9.17) is 4.52 Å². The van der Waals surface area contributed by atoms with Crippen molar-refractivity contribution < 1.29 is 4.52 Å². The molecule has 0 bridgehead atoms. The molecule has 2 heterocycles. The topological polar surface area (TPSA) is 45.4 Å². The Kier molecular flexibility index (Phi) is 5.28. The molecule has 0 aliphatic carbocycles. The molecule has 1 aromatic heterocycles. The molecular formula is C18H26N4O. The van der Waals surface area contributed by atoms with Gasteiger partial charge in [0.2, 0.25) is 11.7 Å². The number of nitrogens with zero attached hydrogens (tertiary/aromatic N) is 4. The molecule has 5 nitrogen and oxygen atoms in total. The Morgan fingerprint density at radius 1 is 1.13 bits per heavy atom. The van der Waals surface area contributed by atoms with E-state index in [-0.39, 0.29) is 0 Å². The van der Waals surface area contributed by atoms with Crippen LogP contribution in [0.25, 0.3) is 11.4 Å². The number of rotatable bonds is 6. The van der Waals surface area contributed by atoms with Gasteiger partial charge in [-0.3, -0.25) is 4.90 Å². The minimum absolute atomic E-state index is 0.676. The molecule has 1 aromatic carbocycles. The summed E-state index contributed by atoms with van der Waals surface area (Å²) in [6, 6.07) is 8.52. The van der Waals surface area contributed by atoms with Crippen LogP contribution in [0.15, 0.2) is 28.8 Å². The number of hydrogen-bond acceptors (Lipinski definition) is 5. The summed E-state index contributed by atoms with van der Waals surface area (Å²) >= 11 is 0. The summed E-state index contributed by atoms with van der Waals surface area (Å²) in [4.78, 5) is 9.16. The van der Waals surface area contributed by atoms with Crippen LogP contribution < -0.4 is 4.90 Å². The molecule has 0 amide bonds. The summed E-state index contributed by atoms with van der Waals surface area (Å²) < 4.78 is 5.37. The van der Waals surface area contributed by atoms with Gasteiger partial charge in [0.15, 0.2) is 0 Å². The lowest BCUT2D eigenvalue weighted by Crippen LogP contribution is -2.29. The van der Waals surface area contributed by atoms with E-state index < -0.39 is 0 Å². The van der Waals surface area contributed by atoms with Crippen LogP contribution in [0.2, 0.25) is 0 Å². The molecule has 3 rings (SSSR count). The third-order valence-electron chi connectivity index (χ3n) is 4.33. The van der Waals surface area contributed by atoms with Crippen molar-refractivity contribution in [2.75, 3.05) is 31.6 Å². The normalized spacial score (nSPS) is 15.3. The van der Waals surface area contributed by atoms with Gasteiger partial charge >= 0.3 is 0 Å². The van der Waals surface area contributed by atoms with Crippen molar-refractivity contribution in [3.8, 4) is 11.4 Å². The van der Waals surface area contributed by atoms with Crippen molar-refractivity contribution in [3.05, 3.63) is 30.2 Å². The maximum absolute atomic E-state index is 5.37. The Bertz CT molecular complexity index is 602. The Morgan fingerprint density at radius 2 is 1.87 bits per heavy atom. The first kappa shape index (κ1) is 16.0. The van der Waals surface area contributed by atoms with Crippen molar-refractivity contribution in [2.45, 2.75) is 39.2 Å². The van der Waals surface area contributed by atoms with Crippen LogP contribution in [0.5, 0.6) is 0 Å². The van der Waals surface area contributed by atoms with Gasteiger partial charge in [-0.15, -0.1) is 0 Å². The van der Waals surface area contributed by atoms with Gasteiger partial charge in [-0.25, -0.2) is 0 Å². The van der Waals surface area contributed by atoms with Crippen LogP contribution >= 0.6 is 0 Å². The van der Waals surface area contributed by atoms with Gasteiger partial charge < -0.3 is 9.42 Å². The molecule has 0 spiro atoms. The van der Waals surface area contributed by atoms with Crippen molar-refractivity contribution in [2.24, 2.45) is 0 Å². The molecule has 0 atom stereocenters. The maximum atomic E-state index is 5.37.